The lowest BCUT2D eigenvalue weighted by Crippen LogP contribution is -2.56. The van der Waals surface area contributed by atoms with Crippen LogP contribution >= 0.6 is 0 Å². The van der Waals surface area contributed by atoms with Gasteiger partial charge in [0.1, 0.15) is 12.1 Å². The van der Waals surface area contributed by atoms with E-state index >= 15 is 0 Å². The summed E-state index contributed by atoms with van der Waals surface area (Å²) in [4.78, 5) is 15.4. The quantitative estimate of drug-likeness (QED) is 0.454. The van der Waals surface area contributed by atoms with Crippen molar-refractivity contribution >= 4 is 5.97 Å². The number of nitrogens with zero attached hydrogens (tertiary/aromatic N) is 1. The third-order valence-electron chi connectivity index (χ3n) is 14.3. The van der Waals surface area contributed by atoms with Crippen LogP contribution in [0.4, 0.5) is 0 Å². The molecule has 2 saturated heterocycles. The van der Waals surface area contributed by atoms with E-state index in [4.69, 9.17) is 14.2 Å². The fourth-order valence-corrected chi connectivity index (χ4v) is 12.4. The number of carbonyl (C=O) groups is 1. The number of hydrogen-bond donors (Lipinski definition) is 1. The number of rotatable bonds is 4. The second-order valence-corrected chi connectivity index (χ2v) is 16.9. The van der Waals surface area contributed by atoms with Crippen molar-refractivity contribution in [3.63, 3.8) is 0 Å². The van der Waals surface area contributed by atoms with Crippen LogP contribution < -0.4 is 0 Å². The van der Waals surface area contributed by atoms with E-state index in [-0.39, 0.29) is 29.6 Å². The van der Waals surface area contributed by atoms with Gasteiger partial charge in [-0.05, 0) is 125 Å². The first-order chi connectivity index (χ1) is 18.8. The van der Waals surface area contributed by atoms with E-state index in [2.05, 4.69) is 25.7 Å². The summed E-state index contributed by atoms with van der Waals surface area (Å²) >= 11 is 0. The molecule has 40 heavy (non-hydrogen) atoms. The van der Waals surface area contributed by atoms with Gasteiger partial charge in [-0.2, -0.15) is 0 Å². The second kappa shape index (κ2) is 9.16. The molecule has 0 aromatic carbocycles. The zero-order valence-electron chi connectivity index (χ0n) is 26.0. The lowest BCUT2D eigenvalue weighted by molar-refractivity contribution is -0.184. The molecule has 7 aliphatic rings. The highest BCUT2D eigenvalue weighted by Gasteiger charge is 2.80. The summed E-state index contributed by atoms with van der Waals surface area (Å²) in [7, 11) is 2.01. The van der Waals surface area contributed by atoms with Crippen molar-refractivity contribution in [1.29, 1.82) is 0 Å². The molecule has 0 amide bonds. The summed E-state index contributed by atoms with van der Waals surface area (Å²) in [6, 6.07) is -0.268. The minimum Gasteiger partial charge on any atom is -0.461 e. The summed E-state index contributed by atoms with van der Waals surface area (Å²) in [6.45, 7) is 13.2. The Kier molecular flexibility index (Phi) is 6.43. The third kappa shape index (κ3) is 3.97. The average Bonchev–Trinajstić information content (AvgIpc) is 3.45. The Morgan fingerprint density at radius 3 is 2.52 bits per heavy atom. The van der Waals surface area contributed by atoms with Crippen molar-refractivity contribution in [3.05, 3.63) is 0 Å². The Morgan fingerprint density at radius 1 is 1.00 bits per heavy atom. The number of aliphatic hydroxyl groups is 1. The SMILES string of the molecule is CN1CCOCC1C(=O)OC1CCC23CC24CCC2(C)C5CCC(CC(C)(C)O)OC5CC2C4CCC3C1(C)C. The van der Waals surface area contributed by atoms with Gasteiger partial charge in [0.2, 0.25) is 0 Å². The first kappa shape index (κ1) is 28.1. The van der Waals surface area contributed by atoms with Crippen molar-refractivity contribution in [2.24, 2.45) is 45.3 Å². The molecule has 5 aliphatic carbocycles. The maximum absolute atomic E-state index is 13.3. The molecule has 1 N–H and O–H groups in total. The molecule has 5 saturated carbocycles. The van der Waals surface area contributed by atoms with Crippen LogP contribution in [0.3, 0.4) is 0 Å². The first-order valence-corrected chi connectivity index (χ1v) is 16.7. The molecule has 6 heteroatoms. The standard InChI is InChI=1S/C34H55NO5/c1-30(2,37)18-21-7-8-23-26(39-21)17-24-22-9-10-27-31(3,4)28(40-29(36)25-19-38-16-15-35(25)6)11-12-34(27)20-33(22,34)14-13-32(23,24)5/h21-28,37H,7-20H2,1-6H3. The van der Waals surface area contributed by atoms with Gasteiger partial charge in [0, 0.05) is 18.4 Å². The fourth-order valence-electron chi connectivity index (χ4n) is 12.4. The first-order valence-electron chi connectivity index (χ1n) is 16.7. The largest absolute Gasteiger partial charge is 0.461 e. The van der Waals surface area contributed by atoms with Gasteiger partial charge >= 0.3 is 5.97 Å². The van der Waals surface area contributed by atoms with E-state index < -0.39 is 5.60 Å². The zero-order valence-corrected chi connectivity index (χ0v) is 26.0. The van der Waals surface area contributed by atoms with Gasteiger partial charge in [0.05, 0.1) is 31.0 Å². The van der Waals surface area contributed by atoms with Crippen molar-refractivity contribution < 1.29 is 24.1 Å². The highest BCUT2D eigenvalue weighted by atomic mass is 16.6. The van der Waals surface area contributed by atoms with Gasteiger partial charge in [0.15, 0.2) is 0 Å². The van der Waals surface area contributed by atoms with Crippen molar-refractivity contribution in [2.75, 3.05) is 26.8 Å². The summed E-state index contributed by atoms with van der Waals surface area (Å²) in [6.07, 6.45) is 14.0. The van der Waals surface area contributed by atoms with Crippen LogP contribution in [0.5, 0.6) is 0 Å². The minimum absolute atomic E-state index is 0.00414. The molecule has 0 bridgehead atoms. The highest BCUT2D eigenvalue weighted by molar-refractivity contribution is 5.76. The van der Waals surface area contributed by atoms with Crippen LogP contribution in [0, 0.1) is 45.3 Å². The lowest BCUT2D eigenvalue weighted by atomic mass is 9.46. The Morgan fingerprint density at radius 2 is 1.77 bits per heavy atom. The number of likely N-dealkylation sites (N-methyl/N-ethyl adjacent to an activating group) is 1. The molecule has 0 aromatic rings. The molecule has 7 rings (SSSR count). The van der Waals surface area contributed by atoms with Gasteiger partial charge in [0.25, 0.3) is 0 Å². The predicted octanol–water partition coefficient (Wildman–Crippen LogP) is 5.60. The number of hydrogen-bond acceptors (Lipinski definition) is 6. The van der Waals surface area contributed by atoms with Crippen LogP contribution in [-0.2, 0) is 19.0 Å². The average molecular weight is 558 g/mol. The third-order valence-corrected chi connectivity index (χ3v) is 14.3. The van der Waals surface area contributed by atoms with Crippen molar-refractivity contribution in [3.8, 4) is 0 Å². The number of carbonyl (C=O) groups excluding carboxylic acids is 1. The monoisotopic (exact) mass is 557 g/mol. The molecule has 2 spiro atoms. The molecule has 7 fully saturated rings. The van der Waals surface area contributed by atoms with Crippen LogP contribution in [0.15, 0.2) is 0 Å². The summed E-state index contributed by atoms with van der Waals surface area (Å²) in [5, 5.41) is 10.4. The molecule has 11 unspecified atom stereocenters. The Hall–Kier alpha value is -0.690. The van der Waals surface area contributed by atoms with Gasteiger partial charge < -0.3 is 19.3 Å². The Labute approximate surface area is 242 Å². The molecule has 11 atom stereocenters. The van der Waals surface area contributed by atoms with E-state index in [1.807, 2.05) is 20.9 Å². The summed E-state index contributed by atoms with van der Waals surface area (Å²) < 4.78 is 18.8. The molecular weight excluding hydrogens is 502 g/mol. The number of ether oxygens (including phenoxy) is 3. The molecule has 2 heterocycles. The summed E-state index contributed by atoms with van der Waals surface area (Å²) in [5.41, 5.74) is 0.716. The topological polar surface area (TPSA) is 68.2 Å². The minimum atomic E-state index is -0.657. The zero-order chi connectivity index (χ0) is 28.3. The number of esters is 1. The lowest BCUT2D eigenvalue weighted by Gasteiger charge is -2.59. The van der Waals surface area contributed by atoms with E-state index in [0.717, 1.165) is 37.6 Å². The number of morpholine rings is 1. The molecular formula is C34H55NO5. The van der Waals surface area contributed by atoms with Crippen LogP contribution in [0.25, 0.3) is 0 Å². The Bertz CT molecular complexity index is 1020. The molecule has 0 aromatic heterocycles. The van der Waals surface area contributed by atoms with Crippen LogP contribution in [0.1, 0.15) is 105 Å². The predicted molar refractivity (Wildman–Crippen MR) is 154 cm³/mol. The van der Waals surface area contributed by atoms with Crippen molar-refractivity contribution in [2.45, 2.75) is 135 Å². The fraction of sp³-hybridized carbons (Fsp3) is 0.971. The van der Waals surface area contributed by atoms with Gasteiger partial charge in [-0.1, -0.05) is 20.8 Å². The maximum atomic E-state index is 13.3. The van der Waals surface area contributed by atoms with Gasteiger partial charge in [-0.3, -0.25) is 9.69 Å². The summed E-state index contributed by atoms with van der Waals surface area (Å²) in [5.74, 6) is 2.85. The normalized spacial score (nSPS) is 51.5. The van der Waals surface area contributed by atoms with E-state index in [1.165, 1.54) is 51.4 Å². The van der Waals surface area contributed by atoms with Gasteiger partial charge in [-0.25, -0.2) is 0 Å². The Balaban J connectivity index is 1.07. The van der Waals surface area contributed by atoms with E-state index in [1.54, 1.807) is 0 Å². The van der Waals surface area contributed by atoms with E-state index in [0.29, 0.717) is 47.4 Å². The van der Waals surface area contributed by atoms with E-state index in [9.17, 15) is 9.90 Å². The highest BCUT2D eigenvalue weighted by Crippen LogP contribution is 2.87. The number of fused-ring (bicyclic) bond motifs is 4. The maximum Gasteiger partial charge on any atom is 0.326 e. The van der Waals surface area contributed by atoms with Crippen molar-refractivity contribution in [1.82, 2.24) is 4.90 Å². The second-order valence-electron chi connectivity index (χ2n) is 16.9. The smallest absolute Gasteiger partial charge is 0.326 e. The molecule has 6 nitrogen and oxygen atoms in total. The molecule has 226 valence electrons. The molecule has 2 aliphatic heterocycles. The molecule has 0 radical (unpaired) electrons. The van der Waals surface area contributed by atoms with Gasteiger partial charge in [-0.15, -0.1) is 0 Å². The van der Waals surface area contributed by atoms with Crippen LogP contribution in [-0.4, -0.2) is 72.7 Å². The van der Waals surface area contributed by atoms with Crippen LogP contribution in [0.2, 0.25) is 0 Å².